The number of para-hydroxylation sites is 3. The number of hydrogen-bond acceptors (Lipinski definition) is 2. The molecule has 0 unspecified atom stereocenters. The first kappa shape index (κ1) is 18.5. The molecule has 140 valence electrons. The molecule has 1 aromatic heterocycles. The van der Waals surface area contributed by atoms with Crippen LogP contribution < -0.4 is 4.74 Å². The van der Waals surface area contributed by atoms with Gasteiger partial charge >= 0.3 is 0 Å². The van der Waals surface area contributed by atoms with E-state index < -0.39 is 0 Å². The first-order valence-corrected chi connectivity index (χ1v) is 10.1. The highest BCUT2D eigenvalue weighted by Gasteiger charge is 2.13. The summed E-state index contributed by atoms with van der Waals surface area (Å²) in [5.41, 5.74) is 4.34. The molecule has 0 bridgehead atoms. The van der Waals surface area contributed by atoms with Crippen molar-refractivity contribution in [2.45, 2.75) is 13.0 Å². The lowest BCUT2D eigenvalue weighted by Crippen LogP contribution is -2.10. The van der Waals surface area contributed by atoms with Crippen molar-refractivity contribution in [3.8, 4) is 17.1 Å². The van der Waals surface area contributed by atoms with Crippen molar-refractivity contribution in [3.05, 3.63) is 95.5 Å². The average molecular weight is 433 g/mol. The summed E-state index contributed by atoms with van der Waals surface area (Å²) in [4.78, 5) is 4.87. The van der Waals surface area contributed by atoms with Crippen LogP contribution in [-0.2, 0) is 13.0 Å². The molecule has 28 heavy (non-hydrogen) atoms. The lowest BCUT2D eigenvalue weighted by atomic mass is 10.1. The van der Waals surface area contributed by atoms with E-state index in [1.807, 2.05) is 54.6 Å². The molecule has 4 aromatic rings. The Kier molecular flexibility index (Phi) is 5.58. The van der Waals surface area contributed by atoms with E-state index in [1.165, 1.54) is 0 Å². The molecule has 0 atom stereocenters. The molecule has 0 spiro atoms. The van der Waals surface area contributed by atoms with Gasteiger partial charge in [-0.2, -0.15) is 0 Å². The highest BCUT2D eigenvalue weighted by molar-refractivity contribution is 9.10. The summed E-state index contributed by atoms with van der Waals surface area (Å²) < 4.78 is 9.39. The maximum Gasteiger partial charge on any atom is 0.141 e. The normalized spacial score (nSPS) is 10.9. The molecule has 0 fully saturated rings. The Labute approximate surface area is 173 Å². The van der Waals surface area contributed by atoms with Crippen LogP contribution in [0.4, 0.5) is 0 Å². The summed E-state index contributed by atoms with van der Waals surface area (Å²) in [6.45, 7) is 5.11. The molecule has 3 aromatic carbocycles. The zero-order chi connectivity index (χ0) is 19.3. The number of aromatic nitrogens is 2. The molecule has 0 amide bonds. The highest BCUT2D eigenvalue weighted by atomic mass is 79.9. The van der Waals surface area contributed by atoms with Crippen LogP contribution in [0.5, 0.6) is 5.75 Å². The van der Waals surface area contributed by atoms with E-state index >= 15 is 0 Å². The molecular formula is C24H21BrN2O. The van der Waals surface area contributed by atoms with E-state index in [2.05, 4.69) is 51.3 Å². The lowest BCUT2D eigenvalue weighted by Gasteiger charge is -2.13. The third kappa shape index (κ3) is 3.87. The second-order valence-corrected chi connectivity index (χ2v) is 7.45. The van der Waals surface area contributed by atoms with Gasteiger partial charge in [-0.15, -0.1) is 6.58 Å². The molecule has 0 radical (unpaired) electrons. The SMILES string of the molecule is C=CCc1ccccc1OCCn1c(-c2cccc(Br)c2)nc2ccccc21. The van der Waals surface area contributed by atoms with Crippen LogP contribution in [-0.4, -0.2) is 16.2 Å². The minimum absolute atomic E-state index is 0.565. The smallest absolute Gasteiger partial charge is 0.141 e. The monoisotopic (exact) mass is 432 g/mol. The van der Waals surface area contributed by atoms with Crippen molar-refractivity contribution in [2.24, 2.45) is 0 Å². The quantitative estimate of drug-likeness (QED) is 0.321. The molecule has 0 saturated carbocycles. The van der Waals surface area contributed by atoms with Crippen molar-refractivity contribution in [2.75, 3.05) is 6.61 Å². The summed E-state index contributed by atoms with van der Waals surface area (Å²) in [7, 11) is 0. The van der Waals surface area contributed by atoms with Gasteiger partial charge < -0.3 is 9.30 Å². The molecular weight excluding hydrogens is 412 g/mol. The van der Waals surface area contributed by atoms with Gasteiger partial charge in [0.25, 0.3) is 0 Å². The molecule has 4 heteroatoms. The number of allylic oxidation sites excluding steroid dienone is 1. The van der Waals surface area contributed by atoms with Gasteiger partial charge in [-0.05, 0) is 42.3 Å². The maximum absolute atomic E-state index is 6.12. The van der Waals surface area contributed by atoms with E-state index in [1.54, 1.807) is 0 Å². The van der Waals surface area contributed by atoms with Crippen LogP contribution in [0.3, 0.4) is 0 Å². The van der Waals surface area contributed by atoms with Gasteiger partial charge in [-0.25, -0.2) is 4.98 Å². The van der Waals surface area contributed by atoms with Crippen molar-refractivity contribution < 1.29 is 4.74 Å². The predicted molar refractivity (Wildman–Crippen MR) is 119 cm³/mol. The summed E-state index contributed by atoms with van der Waals surface area (Å²) in [6, 6.07) is 24.6. The van der Waals surface area contributed by atoms with Crippen molar-refractivity contribution >= 4 is 27.0 Å². The van der Waals surface area contributed by atoms with Crippen molar-refractivity contribution in [3.63, 3.8) is 0 Å². The average Bonchev–Trinajstić information content (AvgIpc) is 3.08. The Morgan fingerprint density at radius 1 is 1.00 bits per heavy atom. The van der Waals surface area contributed by atoms with Crippen LogP contribution in [0.15, 0.2) is 89.9 Å². The van der Waals surface area contributed by atoms with Gasteiger partial charge in [0.1, 0.15) is 18.2 Å². The largest absolute Gasteiger partial charge is 0.491 e. The summed E-state index contributed by atoms with van der Waals surface area (Å²) in [6.07, 6.45) is 2.70. The topological polar surface area (TPSA) is 27.1 Å². The van der Waals surface area contributed by atoms with Crippen molar-refractivity contribution in [1.82, 2.24) is 9.55 Å². The number of hydrogen-bond donors (Lipinski definition) is 0. The van der Waals surface area contributed by atoms with E-state index in [0.717, 1.165) is 44.6 Å². The fourth-order valence-electron chi connectivity index (χ4n) is 3.37. The number of halogens is 1. The second-order valence-electron chi connectivity index (χ2n) is 6.54. The fraction of sp³-hybridized carbons (Fsp3) is 0.125. The predicted octanol–water partition coefficient (Wildman–Crippen LogP) is 6.27. The Hall–Kier alpha value is -2.85. The van der Waals surface area contributed by atoms with Crippen LogP contribution >= 0.6 is 15.9 Å². The molecule has 0 aliphatic carbocycles. The van der Waals surface area contributed by atoms with E-state index in [0.29, 0.717) is 13.2 Å². The van der Waals surface area contributed by atoms with Gasteiger partial charge in [0, 0.05) is 10.0 Å². The fourth-order valence-corrected chi connectivity index (χ4v) is 3.76. The Morgan fingerprint density at radius 3 is 2.68 bits per heavy atom. The van der Waals surface area contributed by atoms with E-state index in [-0.39, 0.29) is 0 Å². The van der Waals surface area contributed by atoms with Crippen LogP contribution in [0.1, 0.15) is 5.56 Å². The van der Waals surface area contributed by atoms with Gasteiger partial charge in [-0.1, -0.05) is 64.5 Å². The minimum atomic E-state index is 0.565. The van der Waals surface area contributed by atoms with Gasteiger partial charge in [0.2, 0.25) is 0 Å². The Balaban J connectivity index is 1.63. The number of rotatable bonds is 7. The molecule has 4 rings (SSSR count). The zero-order valence-corrected chi connectivity index (χ0v) is 17.1. The maximum atomic E-state index is 6.12. The highest BCUT2D eigenvalue weighted by Crippen LogP contribution is 2.27. The Bertz CT molecular complexity index is 1120. The van der Waals surface area contributed by atoms with Crippen LogP contribution in [0.25, 0.3) is 22.4 Å². The first-order chi connectivity index (χ1) is 13.8. The van der Waals surface area contributed by atoms with Gasteiger partial charge in [0.15, 0.2) is 0 Å². The molecule has 0 aliphatic rings. The molecule has 0 aliphatic heterocycles. The standard InChI is InChI=1S/C24H21BrN2O/c1-2-8-18-9-3-6-14-23(18)28-16-15-27-22-13-5-4-12-21(22)26-24(27)19-10-7-11-20(25)17-19/h2-7,9-14,17H,1,8,15-16H2. The number of fused-ring (bicyclic) bond motifs is 1. The number of benzene rings is 3. The van der Waals surface area contributed by atoms with Crippen molar-refractivity contribution in [1.29, 1.82) is 0 Å². The van der Waals surface area contributed by atoms with Crippen LogP contribution in [0.2, 0.25) is 0 Å². The van der Waals surface area contributed by atoms with Gasteiger partial charge in [0.05, 0.1) is 17.6 Å². The summed E-state index contributed by atoms with van der Waals surface area (Å²) in [5.74, 6) is 1.86. The van der Waals surface area contributed by atoms with Crippen LogP contribution in [0, 0.1) is 0 Å². The lowest BCUT2D eigenvalue weighted by molar-refractivity contribution is 0.298. The summed E-state index contributed by atoms with van der Waals surface area (Å²) in [5, 5.41) is 0. The summed E-state index contributed by atoms with van der Waals surface area (Å²) >= 11 is 3.56. The molecule has 3 nitrogen and oxygen atoms in total. The van der Waals surface area contributed by atoms with E-state index in [9.17, 15) is 0 Å². The minimum Gasteiger partial charge on any atom is -0.491 e. The van der Waals surface area contributed by atoms with E-state index in [4.69, 9.17) is 9.72 Å². The molecule has 0 saturated heterocycles. The number of ether oxygens (including phenoxy) is 1. The molecule has 0 N–H and O–H groups in total. The first-order valence-electron chi connectivity index (χ1n) is 9.29. The zero-order valence-electron chi connectivity index (χ0n) is 15.5. The second kappa shape index (κ2) is 8.44. The molecule has 1 heterocycles. The third-order valence-electron chi connectivity index (χ3n) is 4.65. The number of imidazole rings is 1. The Morgan fingerprint density at radius 2 is 1.82 bits per heavy atom. The number of nitrogens with zero attached hydrogens (tertiary/aromatic N) is 2. The van der Waals surface area contributed by atoms with Gasteiger partial charge in [-0.3, -0.25) is 0 Å². The third-order valence-corrected chi connectivity index (χ3v) is 5.14.